The Morgan fingerprint density at radius 3 is 2.16 bits per heavy atom. The van der Waals surface area contributed by atoms with Crippen LogP contribution in [0, 0.1) is 34.6 Å². The predicted molar refractivity (Wildman–Crippen MR) is 132 cm³/mol. The van der Waals surface area contributed by atoms with Crippen molar-refractivity contribution in [3.63, 3.8) is 0 Å². The van der Waals surface area contributed by atoms with E-state index in [0.717, 1.165) is 39.2 Å². The molecule has 0 aliphatic heterocycles. The lowest BCUT2D eigenvalue weighted by molar-refractivity contribution is -0.119. The SMILES string of the molecule is Cc1cc(C)c(NC(=O)CN(C)CC(=O)Nc2nc(-c3cc(C)ccc3C)cs2)c(C)c1. The van der Waals surface area contributed by atoms with Crippen molar-refractivity contribution < 1.29 is 9.59 Å². The van der Waals surface area contributed by atoms with Gasteiger partial charge < -0.3 is 10.6 Å². The number of amides is 2. The zero-order valence-corrected chi connectivity index (χ0v) is 20.3. The van der Waals surface area contributed by atoms with Gasteiger partial charge >= 0.3 is 0 Å². The summed E-state index contributed by atoms with van der Waals surface area (Å²) in [6.45, 7) is 10.3. The first kappa shape index (κ1) is 23.6. The predicted octanol–water partition coefficient (Wildman–Crippen LogP) is 4.86. The third-order valence-corrected chi connectivity index (χ3v) is 5.95. The molecule has 0 spiro atoms. The third-order valence-electron chi connectivity index (χ3n) is 5.19. The van der Waals surface area contributed by atoms with Gasteiger partial charge in [-0.05, 0) is 64.4 Å². The molecule has 2 amide bonds. The van der Waals surface area contributed by atoms with Crippen molar-refractivity contribution in [3.8, 4) is 11.3 Å². The van der Waals surface area contributed by atoms with Gasteiger partial charge in [-0.25, -0.2) is 4.98 Å². The Morgan fingerprint density at radius 1 is 0.875 bits per heavy atom. The van der Waals surface area contributed by atoms with Crippen LogP contribution in [0.25, 0.3) is 11.3 Å². The average Bonchev–Trinajstić information content (AvgIpc) is 3.14. The molecule has 0 fully saturated rings. The maximum atomic E-state index is 12.5. The monoisotopic (exact) mass is 450 g/mol. The fourth-order valence-electron chi connectivity index (χ4n) is 3.73. The van der Waals surface area contributed by atoms with E-state index < -0.39 is 0 Å². The van der Waals surface area contributed by atoms with Gasteiger partial charge in [0.1, 0.15) is 0 Å². The molecule has 2 aromatic carbocycles. The normalized spacial score (nSPS) is 11.0. The van der Waals surface area contributed by atoms with Crippen molar-refractivity contribution in [3.05, 3.63) is 63.5 Å². The number of thiazole rings is 1. The molecule has 1 heterocycles. The van der Waals surface area contributed by atoms with Crippen molar-refractivity contribution in [1.82, 2.24) is 9.88 Å². The summed E-state index contributed by atoms with van der Waals surface area (Å²) < 4.78 is 0. The minimum atomic E-state index is -0.204. The lowest BCUT2D eigenvalue weighted by Crippen LogP contribution is -2.36. The second kappa shape index (κ2) is 10.1. The Hall–Kier alpha value is -3.03. The number of aryl methyl sites for hydroxylation is 5. The van der Waals surface area contributed by atoms with Gasteiger partial charge in [0.15, 0.2) is 5.13 Å². The zero-order chi connectivity index (χ0) is 23.4. The summed E-state index contributed by atoms with van der Waals surface area (Å²) in [6, 6.07) is 10.3. The van der Waals surface area contributed by atoms with Crippen LogP contribution in [0.4, 0.5) is 10.8 Å². The summed E-state index contributed by atoms with van der Waals surface area (Å²) in [5.74, 6) is -0.355. The highest BCUT2D eigenvalue weighted by atomic mass is 32.1. The van der Waals surface area contributed by atoms with Gasteiger partial charge in [-0.15, -0.1) is 11.3 Å². The van der Waals surface area contributed by atoms with Crippen molar-refractivity contribution in [2.75, 3.05) is 30.8 Å². The number of anilines is 2. The molecule has 32 heavy (non-hydrogen) atoms. The van der Waals surface area contributed by atoms with Crippen LogP contribution in [-0.4, -0.2) is 41.8 Å². The molecular weight excluding hydrogens is 420 g/mol. The van der Waals surface area contributed by atoms with Crippen molar-refractivity contribution >= 4 is 34.0 Å². The summed E-state index contributed by atoms with van der Waals surface area (Å²) in [7, 11) is 1.75. The Bertz CT molecular complexity index is 1130. The van der Waals surface area contributed by atoms with E-state index >= 15 is 0 Å². The van der Waals surface area contributed by atoms with Crippen molar-refractivity contribution in [2.45, 2.75) is 34.6 Å². The van der Waals surface area contributed by atoms with Gasteiger partial charge in [0.2, 0.25) is 11.8 Å². The summed E-state index contributed by atoms with van der Waals surface area (Å²) in [5, 5.41) is 8.30. The van der Waals surface area contributed by atoms with Crippen LogP contribution < -0.4 is 10.6 Å². The highest BCUT2D eigenvalue weighted by molar-refractivity contribution is 7.14. The smallest absolute Gasteiger partial charge is 0.240 e. The number of nitrogens with zero attached hydrogens (tertiary/aromatic N) is 2. The molecule has 0 bridgehead atoms. The molecule has 0 aliphatic carbocycles. The van der Waals surface area contributed by atoms with Crippen LogP contribution in [0.2, 0.25) is 0 Å². The zero-order valence-electron chi connectivity index (χ0n) is 19.5. The van der Waals surface area contributed by atoms with E-state index in [4.69, 9.17) is 0 Å². The van der Waals surface area contributed by atoms with Crippen molar-refractivity contribution in [2.24, 2.45) is 0 Å². The van der Waals surface area contributed by atoms with Gasteiger partial charge in [0.25, 0.3) is 0 Å². The number of hydrogen-bond acceptors (Lipinski definition) is 5. The molecule has 6 nitrogen and oxygen atoms in total. The van der Waals surface area contributed by atoms with E-state index in [1.54, 1.807) is 11.9 Å². The van der Waals surface area contributed by atoms with Gasteiger partial charge in [-0.1, -0.05) is 35.4 Å². The Kier molecular flexibility index (Phi) is 7.43. The highest BCUT2D eigenvalue weighted by Crippen LogP contribution is 2.28. The Labute approximate surface area is 193 Å². The third kappa shape index (κ3) is 6.02. The number of hydrogen-bond donors (Lipinski definition) is 2. The van der Waals surface area contributed by atoms with Crippen LogP contribution in [-0.2, 0) is 9.59 Å². The van der Waals surface area contributed by atoms with E-state index in [9.17, 15) is 9.59 Å². The Balaban J connectivity index is 1.55. The minimum absolute atomic E-state index is 0.0949. The molecule has 168 valence electrons. The summed E-state index contributed by atoms with van der Waals surface area (Å²) in [5.41, 5.74) is 8.28. The van der Waals surface area contributed by atoms with Crippen LogP contribution in [0.15, 0.2) is 35.7 Å². The maximum absolute atomic E-state index is 12.5. The molecular formula is C25H30N4O2S. The van der Waals surface area contributed by atoms with E-state index in [-0.39, 0.29) is 24.9 Å². The van der Waals surface area contributed by atoms with Crippen LogP contribution in [0.1, 0.15) is 27.8 Å². The number of rotatable bonds is 7. The first-order valence-corrected chi connectivity index (χ1v) is 11.4. The van der Waals surface area contributed by atoms with Crippen LogP contribution in [0.5, 0.6) is 0 Å². The quantitative estimate of drug-likeness (QED) is 0.539. The van der Waals surface area contributed by atoms with E-state index in [2.05, 4.69) is 33.8 Å². The maximum Gasteiger partial charge on any atom is 0.240 e. The van der Waals surface area contributed by atoms with E-state index in [1.807, 2.05) is 52.1 Å². The number of nitrogens with one attached hydrogen (secondary N) is 2. The molecule has 3 rings (SSSR count). The second-order valence-corrected chi connectivity index (χ2v) is 9.26. The summed E-state index contributed by atoms with van der Waals surface area (Å²) in [4.78, 5) is 31.2. The molecule has 0 saturated heterocycles. The summed E-state index contributed by atoms with van der Waals surface area (Å²) in [6.07, 6.45) is 0. The van der Waals surface area contributed by atoms with Crippen LogP contribution >= 0.6 is 11.3 Å². The molecule has 0 aliphatic rings. The van der Waals surface area contributed by atoms with Crippen molar-refractivity contribution in [1.29, 1.82) is 0 Å². The van der Waals surface area contributed by atoms with E-state index in [1.165, 1.54) is 16.9 Å². The minimum Gasteiger partial charge on any atom is -0.324 e. The number of carbonyl (C=O) groups is 2. The molecule has 7 heteroatoms. The fraction of sp³-hybridized carbons (Fsp3) is 0.320. The molecule has 3 aromatic rings. The number of benzene rings is 2. The van der Waals surface area contributed by atoms with Crippen LogP contribution in [0.3, 0.4) is 0 Å². The van der Waals surface area contributed by atoms with Gasteiger partial charge in [-0.3, -0.25) is 14.5 Å². The van der Waals surface area contributed by atoms with Gasteiger partial charge in [0, 0.05) is 16.6 Å². The standard InChI is InChI=1S/C25H30N4O2S/c1-15-7-8-17(3)20(11-15)21-14-32-25(26-21)28-23(31)13-29(6)12-22(30)27-24-18(4)9-16(2)10-19(24)5/h7-11,14H,12-13H2,1-6H3,(H,27,30)(H,26,28,31). The first-order valence-electron chi connectivity index (χ1n) is 10.5. The Morgan fingerprint density at radius 2 is 1.50 bits per heavy atom. The largest absolute Gasteiger partial charge is 0.324 e. The molecule has 0 saturated carbocycles. The summed E-state index contributed by atoms with van der Waals surface area (Å²) >= 11 is 1.39. The highest BCUT2D eigenvalue weighted by Gasteiger charge is 2.15. The molecule has 2 N–H and O–H groups in total. The van der Waals surface area contributed by atoms with Gasteiger partial charge in [-0.2, -0.15) is 0 Å². The lowest BCUT2D eigenvalue weighted by atomic mass is 10.0. The molecule has 0 radical (unpaired) electrons. The molecule has 0 atom stereocenters. The van der Waals surface area contributed by atoms with Gasteiger partial charge in [0.05, 0.1) is 18.8 Å². The number of carbonyl (C=O) groups excluding carboxylic acids is 2. The number of likely N-dealkylation sites (N-methyl/N-ethyl adjacent to an activating group) is 1. The molecule has 0 unspecified atom stereocenters. The van der Waals surface area contributed by atoms with E-state index in [0.29, 0.717) is 5.13 Å². The average molecular weight is 451 g/mol. The first-order chi connectivity index (χ1) is 15.1. The second-order valence-electron chi connectivity index (χ2n) is 8.40. The fourth-order valence-corrected chi connectivity index (χ4v) is 4.45. The topological polar surface area (TPSA) is 74.3 Å². The molecule has 1 aromatic heterocycles. The number of aromatic nitrogens is 1. The lowest BCUT2D eigenvalue weighted by Gasteiger charge is -2.17.